The van der Waals surface area contributed by atoms with E-state index in [1.54, 1.807) is 0 Å². The summed E-state index contributed by atoms with van der Waals surface area (Å²) in [7, 11) is 0. The lowest BCUT2D eigenvalue weighted by Crippen LogP contribution is -2.36. The minimum atomic E-state index is -1.26. The van der Waals surface area contributed by atoms with Gasteiger partial charge in [-0.15, -0.1) is 0 Å². The minimum Gasteiger partial charge on any atom is -0.478 e. The maximum atomic E-state index is 9.55. The molecule has 0 fully saturated rings. The number of carboxylic acid groups (broad SMARTS) is 2. The Kier molecular flexibility index (Phi) is 8.87. The minimum absolute atomic E-state index is 0.423. The van der Waals surface area contributed by atoms with Crippen LogP contribution in [0.5, 0.6) is 0 Å². The Morgan fingerprint density at radius 3 is 1.95 bits per heavy atom. The van der Waals surface area contributed by atoms with Gasteiger partial charge in [0.15, 0.2) is 5.96 Å². The lowest BCUT2D eigenvalue weighted by molar-refractivity contribution is -0.134. The second kappa shape index (κ2) is 12.9. The summed E-state index contributed by atoms with van der Waals surface area (Å²) in [4.78, 5) is 21.2. The van der Waals surface area contributed by atoms with Crippen LogP contribution in [0.3, 0.4) is 0 Å². The van der Waals surface area contributed by atoms with Crippen LogP contribution in [-0.4, -0.2) is 39.6 Å². The van der Waals surface area contributed by atoms with E-state index in [2.05, 4.69) is 101 Å². The third kappa shape index (κ3) is 7.42. The van der Waals surface area contributed by atoms with Crippen molar-refractivity contribution in [3.8, 4) is 0 Å². The van der Waals surface area contributed by atoms with Gasteiger partial charge in [0.25, 0.3) is 0 Å². The normalized spacial score (nSPS) is 11.2. The molecule has 0 aromatic heterocycles. The lowest BCUT2D eigenvalue weighted by Gasteiger charge is -2.26. The molecule has 0 unspecified atom stereocenters. The Bertz CT molecular complexity index is 1500. The summed E-state index contributed by atoms with van der Waals surface area (Å²) in [6.07, 6.45) is 6.33. The number of carboxylic acids is 2. The predicted molar refractivity (Wildman–Crippen MR) is 156 cm³/mol. The van der Waals surface area contributed by atoms with E-state index in [1.807, 2.05) is 12.1 Å². The van der Waals surface area contributed by atoms with Gasteiger partial charge >= 0.3 is 11.9 Å². The number of carbonyl (C=O) groups is 2. The molecule has 0 aliphatic heterocycles. The quantitative estimate of drug-likeness (QED) is 0.111. The van der Waals surface area contributed by atoms with Gasteiger partial charge in [0, 0.05) is 36.3 Å². The van der Waals surface area contributed by atoms with Crippen LogP contribution in [0, 0.1) is 5.41 Å². The van der Waals surface area contributed by atoms with Crippen molar-refractivity contribution in [2.45, 2.75) is 13.0 Å². The maximum absolute atomic E-state index is 9.55. The third-order valence-electron chi connectivity index (χ3n) is 6.21. The predicted octanol–water partition coefficient (Wildman–Crippen LogP) is 6.13. The Balaban J connectivity index is 0.000000386. The lowest BCUT2D eigenvalue weighted by atomic mass is 10.0. The van der Waals surface area contributed by atoms with Gasteiger partial charge in [-0.25, -0.2) is 9.59 Å². The van der Waals surface area contributed by atoms with Gasteiger partial charge in [-0.05, 0) is 40.1 Å². The number of anilines is 1. The molecule has 39 heavy (non-hydrogen) atoms. The number of nitrogens with zero attached hydrogens (tertiary/aromatic N) is 1. The van der Waals surface area contributed by atoms with E-state index < -0.39 is 11.9 Å². The number of nitrogens with one attached hydrogen (secondary N) is 2. The van der Waals surface area contributed by atoms with Crippen LogP contribution < -0.4 is 5.32 Å². The molecule has 0 bridgehead atoms. The van der Waals surface area contributed by atoms with Crippen molar-refractivity contribution in [3.63, 3.8) is 0 Å². The van der Waals surface area contributed by atoms with Crippen LogP contribution in [-0.2, 0) is 22.6 Å². The smallest absolute Gasteiger partial charge is 0.328 e. The summed E-state index contributed by atoms with van der Waals surface area (Å²) >= 11 is 0. The monoisotopic (exact) mass is 519 g/mol. The first-order valence-electron chi connectivity index (χ1n) is 12.5. The number of guanidine groups is 1. The first kappa shape index (κ1) is 26.9. The first-order chi connectivity index (χ1) is 18.9. The van der Waals surface area contributed by atoms with Crippen molar-refractivity contribution >= 4 is 46.5 Å². The molecule has 0 spiro atoms. The van der Waals surface area contributed by atoms with Gasteiger partial charge in [0.1, 0.15) is 0 Å². The molecule has 1 aliphatic rings. The highest BCUT2D eigenvalue weighted by molar-refractivity contribution is 6.11. The van der Waals surface area contributed by atoms with Gasteiger partial charge in [-0.3, -0.25) is 5.41 Å². The van der Waals surface area contributed by atoms with Gasteiger partial charge in [-0.1, -0.05) is 97.1 Å². The van der Waals surface area contributed by atoms with Crippen molar-refractivity contribution in [1.29, 1.82) is 5.41 Å². The Labute approximate surface area is 226 Å². The van der Waals surface area contributed by atoms with E-state index in [-0.39, 0.29) is 0 Å². The molecular formula is C32H29N3O4. The molecule has 5 rings (SSSR count). The fraction of sp³-hybridized carbons (Fsp3) is 0.0938. The van der Waals surface area contributed by atoms with E-state index in [9.17, 15) is 9.59 Å². The molecule has 4 aromatic rings. The van der Waals surface area contributed by atoms with Crippen molar-refractivity contribution < 1.29 is 19.8 Å². The highest BCUT2D eigenvalue weighted by Crippen LogP contribution is 2.35. The van der Waals surface area contributed by atoms with Gasteiger partial charge in [0.05, 0.1) is 0 Å². The highest BCUT2D eigenvalue weighted by Gasteiger charge is 2.15. The molecule has 4 N–H and O–H groups in total. The summed E-state index contributed by atoms with van der Waals surface area (Å²) < 4.78 is 0. The van der Waals surface area contributed by atoms with E-state index in [0.717, 1.165) is 24.0 Å². The molecule has 0 saturated heterocycles. The summed E-state index contributed by atoms with van der Waals surface area (Å²) in [6.45, 7) is 1.47. The van der Waals surface area contributed by atoms with Gasteiger partial charge < -0.3 is 20.4 Å². The number of hydrogen-bond acceptors (Lipinski definition) is 3. The Morgan fingerprint density at radius 1 is 0.744 bits per heavy atom. The summed E-state index contributed by atoms with van der Waals surface area (Å²) in [5.41, 5.74) is 5.95. The number of rotatable bonds is 8. The molecule has 0 heterocycles. The maximum Gasteiger partial charge on any atom is 0.328 e. The molecule has 4 aromatic carbocycles. The fourth-order valence-corrected chi connectivity index (χ4v) is 4.36. The molecule has 1 aliphatic carbocycles. The van der Waals surface area contributed by atoms with Gasteiger partial charge in [-0.2, -0.15) is 0 Å². The molecular weight excluding hydrogens is 490 g/mol. The zero-order valence-electron chi connectivity index (χ0n) is 21.2. The largest absolute Gasteiger partial charge is 0.478 e. The van der Waals surface area contributed by atoms with Crippen LogP contribution in [0.2, 0.25) is 0 Å². The number of benzene rings is 4. The molecule has 7 nitrogen and oxygen atoms in total. The Hall–Kier alpha value is -5.17. The van der Waals surface area contributed by atoms with E-state index in [0.29, 0.717) is 24.7 Å². The molecule has 0 saturated carbocycles. The van der Waals surface area contributed by atoms with E-state index in [4.69, 9.17) is 15.6 Å². The summed E-state index contributed by atoms with van der Waals surface area (Å²) in [5.74, 6) is -2.09. The van der Waals surface area contributed by atoms with Crippen LogP contribution in [0.4, 0.5) is 5.69 Å². The van der Waals surface area contributed by atoms with Crippen LogP contribution >= 0.6 is 0 Å². The molecule has 7 heteroatoms. The average Bonchev–Trinajstić information content (AvgIpc) is 3.37. The SMILES string of the molecule is N=C(Nc1ccc2c3c(cccc13)C=C2)N(CCc1ccccc1)Cc1ccccc1.O=C(O)/C=C\C(=O)O. The van der Waals surface area contributed by atoms with Crippen molar-refractivity contribution in [2.24, 2.45) is 0 Å². The fourth-order valence-electron chi connectivity index (χ4n) is 4.36. The summed E-state index contributed by atoms with van der Waals surface area (Å²) in [6, 6.07) is 31.4. The second-order valence-electron chi connectivity index (χ2n) is 8.93. The number of aliphatic carboxylic acids is 2. The topological polar surface area (TPSA) is 114 Å². The first-order valence-corrected chi connectivity index (χ1v) is 12.5. The third-order valence-corrected chi connectivity index (χ3v) is 6.21. The van der Waals surface area contributed by atoms with Crippen molar-refractivity contribution in [3.05, 3.63) is 125 Å². The van der Waals surface area contributed by atoms with Crippen LogP contribution in [0.1, 0.15) is 22.3 Å². The highest BCUT2D eigenvalue weighted by atomic mass is 16.4. The van der Waals surface area contributed by atoms with Gasteiger partial charge in [0.2, 0.25) is 0 Å². The van der Waals surface area contributed by atoms with E-state index >= 15 is 0 Å². The molecule has 196 valence electrons. The van der Waals surface area contributed by atoms with Crippen LogP contribution in [0.15, 0.2) is 103 Å². The molecule has 0 atom stereocenters. The zero-order valence-corrected chi connectivity index (χ0v) is 21.2. The summed E-state index contributed by atoms with van der Waals surface area (Å²) in [5, 5.41) is 30.3. The molecule has 0 amide bonds. The van der Waals surface area contributed by atoms with Crippen molar-refractivity contribution in [1.82, 2.24) is 4.90 Å². The van der Waals surface area contributed by atoms with E-state index in [1.165, 1.54) is 27.6 Å². The standard InChI is InChI=1S/C28H25N3.C4H4O4/c29-28(30-26-17-16-24-15-14-23-12-7-13-25(26)27(23)24)31(20-22-10-5-2-6-11-22)19-18-21-8-3-1-4-9-21;5-3(6)1-2-4(7)8/h1-17H,18-20H2,(H2,29,30);1-2H,(H,5,6)(H,7,8)/b;2-1-. The molecule has 0 radical (unpaired) electrons. The Morgan fingerprint density at radius 2 is 1.33 bits per heavy atom. The second-order valence-corrected chi connectivity index (χ2v) is 8.93. The van der Waals surface area contributed by atoms with Crippen molar-refractivity contribution in [2.75, 3.05) is 11.9 Å². The number of hydrogen-bond donors (Lipinski definition) is 4. The average molecular weight is 520 g/mol. The van der Waals surface area contributed by atoms with Crippen LogP contribution in [0.25, 0.3) is 22.9 Å². The zero-order chi connectivity index (χ0) is 27.6.